The smallest absolute Gasteiger partial charge is 0.316 e. The summed E-state index contributed by atoms with van der Waals surface area (Å²) in [5, 5.41) is 10.5. The molecular weight excluding hydrogens is 580 g/mol. The Bertz CT molecular complexity index is 1310. The topological polar surface area (TPSA) is 128 Å². The summed E-state index contributed by atoms with van der Waals surface area (Å²) in [6.07, 6.45) is 0. The van der Waals surface area contributed by atoms with Gasteiger partial charge in [-0.05, 0) is 53.2 Å². The minimum Gasteiger partial charge on any atom is -0.496 e. The van der Waals surface area contributed by atoms with Crippen LogP contribution >= 0.6 is 39.0 Å². The molecule has 0 saturated heterocycles. The number of carbonyl (C=O) groups is 2. The van der Waals surface area contributed by atoms with E-state index in [9.17, 15) is 18.0 Å². The van der Waals surface area contributed by atoms with E-state index in [1.54, 1.807) is 24.3 Å². The van der Waals surface area contributed by atoms with E-state index in [1.165, 1.54) is 32.4 Å². The summed E-state index contributed by atoms with van der Waals surface area (Å²) in [6, 6.07) is 11.1. The number of rotatable bonds is 10. The number of nitrogens with zero attached hydrogens (tertiary/aromatic N) is 3. The fourth-order valence-electron chi connectivity index (χ4n) is 2.75. The van der Waals surface area contributed by atoms with E-state index < -0.39 is 28.4 Å². The standard InChI is InChI=1S/C21H21BrN4O6S3/c1-13-4-6-14(7-5-13)26(35(29,30)15-8-9-17(31-2)16(22)10-15)11-18(27)23-20-24-25-21(34-20)33-12-19(28)32-3/h4-10H,11-12H2,1-3H3,(H,23,24,27). The summed E-state index contributed by atoms with van der Waals surface area (Å²) in [4.78, 5) is 24.1. The Kier molecular flexibility index (Phi) is 9.10. The predicted molar refractivity (Wildman–Crippen MR) is 138 cm³/mol. The second kappa shape index (κ2) is 11.8. The molecule has 0 atom stereocenters. The predicted octanol–water partition coefficient (Wildman–Crippen LogP) is 3.72. The van der Waals surface area contributed by atoms with E-state index >= 15 is 0 Å². The number of aryl methyl sites for hydroxylation is 1. The van der Waals surface area contributed by atoms with Gasteiger partial charge in [-0.1, -0.05) is 40.8 Å². The van der Waals surface area contributed by atoms with Gasteiger partial charge in [-0.15, -0.1) is 10.2 Å². The first-order valence-electron chi connectivity index (χ1n) is 9.90. The Morgan fingerprint density at radius 3 is 2.49 bits per heavy atom. The number of sulfonamides is 1. The summed E-state index contributed by atoms with van der Waals surface area (Å²) in [6.45, 7) is 1.38. The molecule has 0 radical (unpaired) electrons. The lowest BCUT2D eigenvalue weighted by Gasteiger charge is -2.24. The summed E-state index contributed by atoms with van der Waals surface area (Å²) in [5.41, 5.74) is 1.26. The second-order valence-corrected chi connectivity index (χ2v) is 11.8. The maximum Gasteiger partial charge on any atom is 0.316 e. The monoisotopic (exact) mass is 600 g/mol. The molecule has 1 aromatic heterocycles. The third kappa shape index (κ3) is 6.93. The Hall–Kier alpha value is -2.68. The molecule has 0 aliphatic carbocycles. The zero-order valence-electron chi connectivity index (χ0n) is 18.8. The molecule has 0 aliphatic heterocycles. The second-order valence-electron chi connectivity index (χ2n) is 6.93. The highest BCUT2D eigenvalue weighted by Gasteiger charge is 2.28. The van der Waals surface area contributed by atoms with Crippen LogP contribution in [0.2, 0.25) is 0 Å². The first-order chi connectivity index (χ1) is 16.6. The minimum atomic E-state index is -4.12. The van der Waals surface area contributed by atoms with Crippen molar-refractivity contribution in [2.45, 2.75) is 16.2 Å². The number of amides is 1. The molecule has 35 heavy (non-hydrogen) atoms. The average molecular weight is 602 g/mol. The third-order valence-electron chi connectivity index (χ3n) is 4.51. The van der Waals surface area contributed by atoms with Gasteiger partial charge in [0, 0.05) is 0 Å². The van der Waals surface area contributed by atoms with Crippen molar-refractivity contribution in [3.63, 3.8) is 0 Å². The van der Waals surface area contributed by atoms with E-state index in [4.69, 9.17) is 4.74 Å². The van der Waals surface area contributed by atoms with E-state index in [-0.39, 0.29) is 15.8 Å². The van der Waals surface area contributed by atoms with Crippen molar-refractivity contribution in [3.8, 4) is 5.75 Å². The molecular formula is C21H21BrN4O6S3. The normalized spacial score (nSPS) is 11.1. The lowest BCUT2D eigenvalue weighted by Crippen LogP contribution is -2.38. The summed E-state index contributed by atoms with van der Waals surface area (Å²) in [5.74, 6) is -0.501. The van der Waals surface area contributed by atoms with Crippen LogP contribution in [0.25, 0.3) is 0 Å². The van der Waals surface area contributed by atoms with Gasteiger partial charge in [-0.3, -0.25) is 19.2 Å². The number of halogens is 1. The maximum atomic E-state index is 13.6. The summed E-state index contributed by atoms with van der Waals surface area (Å²) >= 11 is 5.48. The van der Waals surface area contributed by atoms with Crippen LogP contribution in [-0.4, -0.2) is 57.0 Å². The van der Waals surface area contributed by atoms with Crippen LogP contribution in [0.15, 0.2) is 56.2 Å². The van der Waals surface area contributed by atoms with Crippen molar-refractivity contribution >= 4 is 71.7 Å². The number of benzene rings is 2. The summed E-state index contributed by atoms with van der Waals surface area (Å²) < 4.78 is 38.8. The number of anilines is 2. The Labute approximate surface area is 219 Å². The van der Waals surface area contributed by atoms with E-state index in [1.807, 2.05) is 6.92 Å². The van der Waals surface area contributed by atoms with Gasteiger partial charge in [-0.2, -0.15) is 0 Å². The molecule has 2 aromatic carbocycles. The SMILES string of the molecule is COC(=O)CSc1nnc(NC(=O)CN(c2ccc(C)cc2)S(=O)(=O)c2ccc(OC)c(Br)c2)s1. The molecule has 0 bridgehead atoms. The molecule has 1 N–H and O–H groups in total. The summed E-state index contributed by atoms with van der Waals surface area (Å²) in [7, 11) is -1.36. The minimum absolute atomic E-state index is 0.0176. The number of carbonyl (C=O) groups excluding carboxylic acids is 2. The van der Waals surface area contributed by atoms with Crippen LogP contribution in [-0.2, 0) is 24.3 Å². The quantitative estimate of drug-likeness (QED) is 0.210. The molecule has 0 saturated carbocycles. The van der Waals surface area contributed by atoms with Crippen LogP contribution < -0.4 is 14.4 Å². The van der Waals surface area contributed by atoms with Crippen molar-refractivity contribution in [2.24, 2.45) is 0 Å². The van der Waals surface area contributed by atoms with Crippen molar-refractivity contribution in [2.75, 3.05) is 36.1 Å². The zero-order valence-corrected chi connectivity index (χ0v) is 22.9. The van der Waals surface area contributed by atoms with Gasteiger partial charge < -0.3 is 9.47 Å². The lowest BCUT2D eigenvalue weighted by atomic mass is 10.2. The number of thioether (sulfide) groups is 1. The first kappa shape index (κ1) is 26.9. The van der Waals surface area contributed by atoms with Gasteiger partial charge in [0.25, 0.3) is 10.0 Å². The molecule has 1 heterocycles. The van der Waals surface area contributed by atoms with Gasteiger partial charge in [0.15, 0.2) is 4.34 Å². The zero-order chi connectivity index (χ0) is 25.6. The third-order valence-corrected chi connectivity index (χ3v) is 8.85. The number of nitrogens with one attached hydrogen (secondary N) is 1. The highest BCUT2D eigenvalue weighted by atomic mass is 79.9. The van der Waals surface area contributed by atoms with Gasteiger partial charge in [0.2, 0.25) is 11.0 Å². The van der Waals surface area contributed by atoms with Gasteiger partial charge in [0.05, 0.1) is 35.0 Å². The van der Waals surface area contributed by atoms with Crippen LogP contribution in [0.4, 0.5) is 10.8 Å². The number of hydrogen-bond acceptors (Lipinski definition) is 10. The first-order valence-corrected chi connectivity index (χ1v) is 13.9. The number of aromatic nitrogens is 2. The highest BCUT2D eigenvalue weighted by Crippen LogP contribution is 2.31. The Morgan fingerprint density at radius 1 is 1.14 bits per heavy atom. The fraction of sp³-hybridized carbons (Fsp3) is 0.238. The largest absolute Gasteiger partial charge is 0.496 e. The number of methoxy groups -OCH3 is 2. The Morgan fingerprint density at radius 2 is 1.86 bits per heavy atom. The van der Waals surface area contributed by atoms with Gasteiger partial charge in [-0.25, -0.2) is 8.42 Å². The van der Waals surface area contributed by atoms with Crippen molar-refractivity contribution in [1.29, 1.82) is 0 Å². The van der Waals surface area contributed by atoms with Crippen molar-refractivity contribution in [3.05, 3.63) is 52.5 Å². The number of ether oxygens (including phenoxy) is 2. The molecule has 14 heteroatoms. The van der Waals surface area contributed by atoms with Crippen molar-refractivity contribution < 1.29 is 27.5 Å². The molecule has 3 aromatic rings. The Balaban J connectivity index is 1.84. The molecule has 0 aliphatic rings. The van der Waals surface area contributed by atoms with Crippen molar-refractivity contribution in [1.82, 2.24) is 10.2 Å². The van der Waals surface area contributed by atoms with E-state index in [0.29, 0.717) is 20.2 Å². The highest BCUT2D eigenvalue weighted by molar-refractivity contribution is 9.10. The molecule has 0 fully saturated rings. The number of hydrogen-bond donors (Lipinski definition) is 1. The fourth-order valence-corrected chi connectivity index (χ4v) is 6.49. The molecule has 1 amide bonds. The molecule has 0 unspecified atom stereocenters. The number of esters is 1. The molecule has 0 spiro atoms. The lowest BCUT2D eigenvalue weighted by molar-refractivity contribution is -0.137. The van der Waals surface area contributed by atoms with E-state index in [2.05, 4.69) is 36.2 Å². The van der Waals surface area contributed by atoms with Gasteiger partial charge in [0.1, 0.15) is 12.3 Å². The van der Waals surface area contributed by atoms with Crippen LogP contribution in [0.3, 0.4) is 0 Å². The van der Waals surface area contributed by atoms with Crippen LogP contribution in [0.1, 0.15) is 5.56 Å². The van der Waals surface area contributed by atoms with E-state index in [0.717, 1.165) is 33.0 Å². The maximum absolute atomic E-state index is 13.6. The molecule has 10 nitrogen and oxygen atoms in total. The average Bonchev–Trinajstić information content (AvgIpc) is 3.28. The molecule has 3 rings (SSSR count). The van der Waals surface area contributed by atoms with Crippen LogP contribution in [0.5, 0.6) is 5.75 Å². The van der Waals surface area contributed by atoms with Gasteiger partial charge >= 0.3 is 5.97 Å². The van der Waals surface area contributed by atoms with Crippen LogP contribution in [0, 0.1) is 6.92 Å². The molecule has 186 valence electrons.